The van der Waals surface area contributed by atoms with Crippen LogP contribution in [0.2, 0.25) is 0 Å². The highest BCUT2D eigenvalue weighted by Crippen LogP contribution is 2.31. The maximum Gasteiger partial charge on any atom is 0.307 e. The number of nitrogens with zero attached hydrogens (tertiary/aromatic N) is 2. The summed E-state index contributed by atoms with van der Waals surface area (Å²) in [5.41, 5.74) is 4.97. The van der Waals surface area contributed by atoms with Crippen LogP contribution in [0.3, 0.4) is 0 Å². The summed E-state index contributed by atoms with van der Waals surface area (Å²) in [6.07, 6.45) is 5.31. The molecular weight excluding hydrogens is 454 g/mol. The Hall–Kier alpha value is -3.77. The van der Waals surface area contributed by atoms with Crippen molar-refractivity contribution in [2.45, 2.75) is 39.0 Å². The van der Waals surface area contributed by atoms with Crippen LogP contribution >= 0.6 is 11.3 Å². The zero-order valence-corrected chi connectivity index (χ0v) is 20.6. The first-order valence-corrected chi connectivity index (χ1v) is 12.6. The monoisotopic (exact) mass is 483 g/mol. The van der Waals surface area contributed by atoms with Crippen molar-refractivity contribution in [3.05, 3.63) is 107 Å². The van der Waals surface area contributed by atoms with Crippen LogP contribution in [0.4, 0.5) is 11.5 Å². The van der Waals surface area contributed by atoms with Crippen LogP contribution in [-0.2, 0) is 36.9 Å². The molecule has 0 aliphatic rings. The molecule has 4 aromatic rings. The van der Waals surface area contributed by atoms with Crippen molar-refractivity contribution in [3.63, 3.8) is 0 Å². The first kappa shape index (κ1) is 24.4. The van der Waals surface area contributed by atoms with Crippen LogP contribution in [0, 0.1) is 0 Å². The second kappa shape index (κ2) is 11.6. The molecule has 178 valence electrons. The van der Waals surface area contributed by atoms with Crippen molar-refractivity contribution in [2.75, 3.05) is 5.32 Å². The standard InChI is InChI=1S/C29H29N3O2S/c1-3-8-24-25(4-2)31-29(26-18-17-23(35-26)16-13-20-9-6-5-7-10-20)32-28(24)30-22-14-11-21(12-15-22)19-27(33)34/h3,5-7,9-12,14-15,17-18H,1,4,8,13,16,19H2,2H3,(H,33,34)(H,30,31,32). The van der Waals surface area contributed by atoms with Crippen molar-refractivity contribution < 1.29 is 9.90 Å². The van der Waals surface area contributed by atoms with Crippen molar-refractivity contribution in [1.29, 1.82) is 0 Å². The van der Waals surface area contributed by atoms with Gasteiger partial charge in [0.1, 0.15) is 5.82 Å². The molecule has 0 atom stereocenters. The third-order valence-corrected chi connectivity index (χ3v) is 6.87. The van der Waals surface area contributed by atoms with Crippen molar-refractivity contribution in [2.24, 2.45) is 0 Å². The molecule has 6 heteroatoms. The number of allylic oxidation sites excluding steroid dienone is 1. The van der Waals surface area contributed by atoms with E-state index in [1.807, 2.05) is 36.4 Å². The molecule has 0 saturated heterocycles. The largest absolute Gasteiger partial charge is 0.481 e. The van der Waals surface area contributed by atoms with Crippen molar-refractivity contribution >= 4 is 28.8 Å². The van der Waals surface area contributed by atoms with Gasteiger partial charge in [0.15, 0.2) is 5.82 Å². The number of aliphatic carboxylic acids is 1. The number of benzene rings is 2. The van der Waals surface area contributed by atoms with Crippen LogP contribution < -0.4 is 5.32 Å². The second-order valence-corrected chi connectivity index (χ2v) is 9.48. The number of carboxylic acids is 1. The number of hydrogen-bond donors (Lipinski definition) is 2. The van der Waals surface area contributed by atoms with E-state index in [9.17, 15) is 4.79 Å². The number of nitrogens with one attached hydrogen (secondary N) is 1. The Morgan fingerprint density at radius 2 is 1.77 bits per heavy atom. The predicted molar refractivity (Wildman–Crippen MR) is 144 cm³/mol. The predicted octanol–water partition coefficient (Wildman–Crippen LogP) is 6.65. The fourth-order valence-electron chi connectivity index (χ4n) is 3.96. The molecule has 0 radical (unpaired) electrons. The normalized spacial score (nSPS) is 10.8. The van der Waals surface area contributed by atoms with E-state index < -0.39 is 5.97 Å². The molecule has 2 aromatic heterocycles. The van der Waals surface area contributed by atoms with E-state index in [4.69, 9.17) is 15.1 Å². The van der Waals surface area contributed by atoms with Crippen LogP contribution in [-0.4, -0.2) is 21.0 Å². The van der Waals surface area contributed by atoms with Gasteiger partial charge in [0.05, 0.1) is 11.3 Å². The van der Waals surface area contributed by atoms with Gasteiger partial charge in [0.25, 0.3) is 0 Å². The lowest BCUT2D eigenvalue weighted by atomic mass is 10.1. The summed E-state index contributed by atoms with van der Waals surface area (Å²) in [5, 5.41) is 12.5. The highest BCUT2D eigenvalue weighted by atomic mass is 32.1. The van der Waals surface area contributed by atoms with Gasteiger partial charge < -0.3 is 10.4 Å². The average molecular weight is 484 g/mol. The molecule has 0 unspecified atom stereocenters. The Bertz CT molecular complexity index is 1300. The minimum absolute atomic E-state index is 0.00458. The van der Waals surface area contributed by atoms with Gasteiger partial charge in [-0.2, -0.15) is 0 Å². The number of carbonyl (C=O) groups is 1. The summed E-state index contributed by atoms with van der Waals surface area (Å²) < 4.78 is 0. The average Bonchev–Trinajstić information content (AvgIpc) is 3.34. The minimum Gasteiger partial charge on any atom is -0.481 e. The number of rotatable bonds is 11. The molecule has 0 bridgehead atoms. The molecule has 2 aromatic carbocycles. The van der Waals surface area contributed by atoms with E-state index in [0.717, 1.165) is 58.3 Å². The summed E-state index contributed by atoms with van der Waals surface area (Å²) >= 11 is 1.74. The van der Waals surface area contributed by atoms with Gasteiger partial charge in [-0.15, -0.1) is 17.9 Å². The molecule has 0 spiro atoms. The Kier molecular flexibility index (Phi) is 8.06. The third-order valence-electron chi connectivity index (χ3n) is 5.73. The topological polar surface area (TPSA) is 75.1 Å². The maximum atomic E-state index is 11.0. The minimum atomic E-state index is -0.842. The first-order chi connectivity index (χ1) is 17.1. The lowest BCUT2D eigenvalue weighted by molar-refractivity contribution is -0.136. The van der Waals surface area contributed by atoms with E-state index in [-0.39, 0.29) is 6.42 Å². The highest BCUT2D eigenvalue weighted by molar-refractivity contribution is 7.15. The van der Waals surface area contributed by atoms with E-state index >= 15 is 0 Å². The van der Waals surface area contributed by atoms with Crippen LogP contribution in [0.15, 0.2) is 79.4 Å². The van der Waals surface area contributed by atoms with E-state index in [0.29, 0.717) is 6.42 Å². The van der Waals surface area contributed by atoms with Crippen molar-refractivity contribution in [1.82, 2.24) is 9.97 Å². The summed E-state index contributed by atoms with van der Waals surface area (Å²) in [6.45, 7) is 6.01. The first-order valence-electron chi connectivity index (χ1n) is 11.8. The molecule has 0 fully saturated rings. The molecular formula is C29H29N3O2S. The summed E-state index contributed by atoms with van der Waals surface area (Å²) in [6, 6.07) is 22.2. The van der Waals surface area contributed by atoms with Gasteiger partial charge in [-0.3, -0.25) is 4.79 Å². The molecule has 0 saturated carbocycles. The van der Waals surface area contributed by atoms with Gasteiger partial charge in [0, 0.05) is 21.8 Å². The summed E-state index contributed by atoms with van der Waals surface area (Å²) in [5.74, 6) is 0.638. The van der Waals surface area contributed by atoms with Gasteiger partial charge in [-0.1, -0.05) is 55.5 Å². The Morgan fingerprint density at radius 3 is 2.46 bits per heavy atom. The van der Waals surface area contributed by atoms with E-state index in [1.165, 1.54) is 10.4 Å². The Morgan fingerprint density at radius 1 is 1.00 bits per heavy atom. The van der Waals surface area contributed by atoms with Gasteiger partial charge in [-0.05, 0) is 61.1 Å². The SMILES string of the molecule is C=CCc1c(CC)nc(-c2ccc(CCc3ccccc3)s2)nc1Nc1ccc(CC(=O)O)cc1. The van der Waals surface area contributed by atoms with E-state index in [1.54, 1.807) is 11.3 Å². The number of hydrogen-bond acceptors (Lipinski definition) is 5. The number of aryl methyl sites for hydroxylation is 3. The summed E-state index contributed by atoms with van der Waals surface area (Å²) in [4.78, 5) is 23.2. The van der Waals surface area contributed by atoms with Gasteiger partial charge in [-0.25, -0.2) is 9.97 Å². The lowest BCUT2D eigenvalue weighted by Crippen LogP contribution is -2.07. The zero-order chi connectivity index (χ0) is 24.6. The highest BCUT2D eigenvalue weighted by Gasteiger charge is 2.16. The van der Waals surface area contributed by atoms with Crippen LogP contribution in [0.25, 0.3) is 10.7 Å². The van der Waals surface area contributed by atoms with Crippen molar-refractivity contribution in [3.8, 4) is 10.7 Å². The molecule has 2 N–H and O–H groups in total. The third kappa shape index (κ3) is 6.43. The number of aromatic nitrogens is 2. The van der Waals surface area contributed by atoms with Gasteiger partial charge >= 0.3 is 5.97 Å². The molecule has 0 aliphatic heterocycles. The number of thiophene rings is 1. The fraction of sp³-hybridized carbons (Fsp3) is 0.207. The molecule has 0 aliphatic carbocycles. The fourth-order valence-corrected chi connectivity index (χ4v) is 4.90. The Labute approximate surface area is 210 Å². The molecule has 5 nitrogen and oxygen atoms in total. The molecule has 2 heterocycles. The van der Waals surface area contributed by atoms with Gasteiger partial charge in [0.2, 0.25) is 0 Å². The smallest absolute Gasteiger partial charge is 0.307 e. The van der Waals surface area contributed by atoms with Crippen LogP contribution in [0.5, 0.6) is 0 Å². The zero-order valence-electron chi connectivity index (χ0n) is 19.8. The second-order valence-electron chi connectivity index (χ2n) is 8.31. The maximum absolute atomic E-state index is 11.0. The quantitative estimate of drug-likeness (QED) is 0.234. The lowest BCUT2D eigenvalue weighted by Gasteiger charge is -2.15. The number of carboxylic acid groups (broad SMARTS) is 1. The Balaban J connectivity index is 1.60. The molecule has 35 heavy (non-hydrogen) atoms. The van der Waals surface area contributed by atoms with E-state index in [2.05, 4.69) is 55.2 Å². The molecule has 0 amide bonds. The molecule has 4 rings (SSSR count). The van der Waals surface area contributed by atoms with Crippen LogP contribution in [0.1, 0.15) is 34.2 Å². The number of anilines is 2. The summed E-state index contributed by atoms with van der Waals surface area (Å²) in [7, 11) is 0.